The standard InChI is InChI=1S/C15H19N3O5/c1-16-4-3-5-17(7-6-16)14(19)11-8-12(15(20)23-2)10-13(9-11)18(21)22/h8-10H,3-7H2,1-2H3. The number of hydrogen-bond donors (Lipinski definition) is 0. The van der Waals surface area contributed by atoms with Crippen molar-refractivity contribution < 1.29 is 19.2 Å². The van der Waals surface area contributed by atoms with Gasteiger partial charge in [0.25, 0.3) is 11.6 Å². The highest BCUT2D eigenvalue weighted by Crippen LogP contribution is 2.20. The third-order valence-corrected chi connectivity index (χ3v) is 3.80. The quantitative estimate of drug-likeness (QED) is 0.471. The number of methoxy groups -OCH3 is 1. The van der Waals surface area contributed by atoms with Crippen LogP contribution in [0, 0.1) is 10.1 Å². The van der Waals surface area contributed by atoms with Crippen molar-refractivity contribution in [2.24, 2.45) is 0 Å². The molecule has 0 radical (unpaired) electrons. The molecule has 1 aromatic carbocycles. The van der Waals surface area contributed by atoms with Crippen molar-refractivity contribution in [3.05, 3.63) is 39.4 Å². The Labute approximate surface area is 133 Å². The molecule has 23 heavy (non-hydrogen) atoms. The van der Waals surface area contributed by atoms with Crippen molar-refractivity contribution in [2.75, 3.05) is 40.3 Å². The van der Waals surface area contributed by atoms with Crippen LogP contribution in [-0.2, 0) is 4.74 Å². The highest BCUT2D eigenvalue weighted by molar-refractivity contribution is 5.99. The second-order valence-corrected chi connectivity index (χ2v) is 5.47. The summed E-state index contributed by atoms with van der Waals surface area (Å²) in [6.07, 6.45) is 0.834. The molecule has 0 aliphatic carbocycles. The molecule has 0 spiro atoms. The summed E-state index contributed by atoms with van der Waals surface area (Å²) in [4.78, 5) is 38.5. The molecule has 8 heteroatoms. The van der Waals surface area contributed by atoms with E-state index < -0.39 is 10.9 Å². The number of ether oxygens (including phenoxy) is 1. The minimum atomic E-state index is -0.710. The molecule has 1 aliphatic rings. The van der Waals surface area contributed by atoms with Gasteiger partial charge in [0.15, 0.2) is 0 Å². The van der Waals surface area contributed by atoms with Crippen LogP contribution in [0.3, 0.4) is 0 Å². The van der Waals surface area contributed by atoms with E-state index in [1.165, 1.54) is 19.2 Å². The lowest BCUT2D eigenvalue weighted by Crippen LogP contribution is -2.34. The van der Waals surface area contributed by atoms with E-state index in [0.717, 1.165) is 25.6 Å². The molecule has 0 unspecified atom stereocenters. The highest BCUT2D eigenvalue weighted by Gasteiger charge is 2.23. The molecule has 1 aliphatic heterocycles. The van der Waals surface area contributed by atoms with Crippen LogP contribution in [0.15, 0.2) is 18.2 Å². The summed E-state index contributed by atoms with van der Waals surface area (Å²) in [6, 6.07) is 3.65. The second kappa shape index (κ2) is 7.19. The normalized spacial score (nSPS) is 15.8. The number of carbonyl (C=O) groups excluding carboxylic acids is 2. The van der Waals surface area contributed by atoms with Crippen LogP contribution in [0.5, 0.6) is 0 Å². The number of amides is 1. The van der Waals surface area contributed by atoms with Gasteiger partial charge in [0.1, 0.15) is 0 Å². The minimum absolute atomic E-state index is 0.00279. The van der Waals surface area contributed by atoms with Crippen LogP contribution in [-0.4, -0.2) is 66.9 Å². The molecule has 1 amide bonds. The number of nitrogens with zero attached hydrogens (tertiary/aromatic N) is 3. The number of benzene rings is 1. The van der Waals surface area contributed by atoms with E-state index in [2.05, 4.69) is 9.64 Å². The maximum absolute atomic E-state index is 12.6. The monoisotopic (exact) mass is 321 g/mol. The lowest BCUT2D eigenvalue weighted by molar-refractivity contribution is -0.384. The molecule has 124 valence electrons. The molecule has 0 atom stereocenters. The molecular formula is C15H19N3O5. The zero-order valence-electron chi connectivity index (χ0n) is 13.2. The first kappa shape index (κ1) is 16.9. The Bertz CT molecular complexity index is 632. The van der Waals surface area contributed by atoms with E-state index in [9.17, 15) is 19.7 Å². The molecule has 8 nitrogen and oxygen atoms in total. The van der Waals surface area contributed by atoms with E-state index in [0.29, 0.717) is 13.1 Å². The van der Waals surface area contributed by atoms with Crippen LogP contribution in [0.25, 0.3) is 0 Å². The molecule has 0 N–H and O–H groups in total. The highest BCUT2D eigenvalue weighted by atomic mass is 16.6. The summed E-state index contributed by atoms with van der Waals surface area (Å²) >= 11 is 0. The summed E-state index contributed by atoms with van der Waals surface area (Å²) < 4.78 is 4.59. The first-order valence-corrected chi connectivity index (χ1v) is 7.28. The number of nitro groups is 1. The van der Waals surface area contributed by atoms with E-state index in [1.54, 1.807) is 4.90 Å². The fourth-order valence-corrected chi connectivity index (χ4v) is 2.51. The third kappa shape index (κ3) is 4.04. The van der Waals surface area contributed by atoms with Gasteiger partial charge in [0.05, 0.1) is 17.6 Å². The van der Waals surface area contributed by atoms with E-state index in [4.69, 9.17) is 0 Å². The fourth-order valence-electron chi connectivity index (χ4n) is 2.51. The number of hydrogen-bond acceptors (Lipinski definition) is 6. The van der Waals surface area contributed by atoms with Crippen molar-refractivity contribution in [1.29, 1.82) is 0 Å². The molecule has 0 bridgehead atoms. The summed E-state index contributed by atoms with van der Waals surface area (Å²) in [5.74, 6) is -1.02. The van der Waals surface area contributed by atoms with Crippen LogP contribution in [0.2, 0.25) is 0 Å². The Morgan fingerprint density at radius 1 is 1.13 bits per heavy atom. The summed E-state index contributed by atoms with van der Waals surface area (Å²) in [5.41, 5.74) is -0.177. The van der Waals surface area contributed by atoms with Crippen molar-refractivity contribution in [3.63, 3.8) is 0 Å². The summed E-state index contributed by atoms with van der Waals surface area (Å²) in [6.45, 7) is 2.77. The number of esters is 1. The molecule has 1 aromatic rings. The maximum atomic E-state index is 12.6. The lowest BCUT2D eigenvalue weighted by Gasteiger charge is -2.20. The molecule has 1 fully saturated rings. The SMILES string of the molecule is COC(=O)c1cc(C(=O)N2CCCN(C)CC2)cc([N+](=O)[O-])c1. The maximum Gasteiger partial charge on any atom is 0.338 e. The average molecular weight is 321 g/mol. The topological polar surface area (TPSA) is 93.0 Å². The second-order valence-electron chi connectivity index (χ2n) is 5.47. The van der Waals surface area contributed by atoms with Gasteiger partial charge < -0.3 is 14.5 Å². The molecule has 0 saturated carbocycles. The minimum Gasteiger partial charge on any atom is -0.465 e. The zero-order chi connectivity index (χ0) is 17.0. The van der Waals surface area contributed by atoms with Crippen molar-refractivity contribution in [3.8, 4) is 0 Å². The van der Waals surface area contributed by atoms with Gasteiger partial charge in [-0.15, -0.1) is 0 Å². The Morgan fingerprint density at radius 3 is 2.48 bits per heavy atom. The first-order chi connectivity index (χ1) is 10.9. The van der Waals surface area contributed by atoms with Gasteiger partial charge in [0, 0.05) is 37.3 Å². The van der Waals surface area contributed by atoms with Crippen molar-refractivity contribution in [1.82, 2.24) is 9.80 Å². The molecule has 1 saturated heterocycles. The largest absolute Gasteiger partial charge is 0.465 e. The fraction of sp³-hybridized carbons (Fsp3) is 0.467. The average Bonchev–Trinajstić information content (AvgIpc) is 2.77. The number of likely N-dealkylation sites (N-methyl/N-ethyl adjacent to an activating group) is 1. The van der Waals surface area contributed by atoms with Gasteiger partial charge in [-0.1, -0.05) is 0 Å². The van der Waals surface area contributed by atoms with E-state index in [1.807, 2.05) is 7.05 Å². The van der Waals surface area contributed by atoms with Gasteiger partial charge in [-0.25, -0.2) is 4.79 Å². The Hall–Kier alpha value is -2.48. The van der Waals surface area contributed by atoms with Crippen LogP contribution in [0.1, 0.15) is 27.1 Å². The van der Waals surface area contributed by atoms with Crippen LogP contribution in [0.4, 0.5) is 5.69 Å². The lowest BCUT2D eigenvalue weighted by atomic mass is 10.1. The van der Waals surface area contributed by atoms with Crippen LogP contribution >= 0.6 is 0 Å². The van der Waals surface area contributed by atoms with E-state index >= 15 is 0 Å². The smallest absolute Gasteiger partial charge is 0.338 e. The number of rotatable bonds is 3. The number of nitro benzene ring substituents is 1. The number of carbonyl (C=O) groups is 2. The van der Waals surface area contributed by atoms with E-state index in [-0.39, 0.29) is 22.7 Å². The van der Waals surface area contributed by atoms with Crippen molar-refractivity contribution in [2.45, 2.75) is 6.42 Å². The van der Waals surface area contributed by atoms with Gasteiger partial charge in [-0.2, -0.15) is 0 Å². The molecular weight excluding hydrogens is 302 g/mol. The zero-order valence-corrected chi connectivity index (χ0v) is 13.2. The van der Waals surface area contributed by atoms with Crippen LogP contribution < -0.4 is 0 Å². The molecule has 1 heterocycles. The predicted octanol–water partition coefficient (Wildman–Crippen LogP) is 1.16. The molecule has 0 aromatic heterocycles. The number of non-ortho nitro benzene ring substituents is 1. The molecule has 2 rings (SSSR count). The Kier molecular flexibility index (Phi) is 5.28. The van der Waals surface area contributed by atoms with Gasteiger partial charge in [0.2, 0.25) is 0 Å². The first-order valence-electron chi connectivity index (χ1n) is 7.28. The van der Waals surface area contributed by atoms with Gasteiger partial charge in [-0.05, 0) is 26.1 Å². The Morgan fingerprint density at radius 2 is 1.83 bits per heavy atom. The predicted molar refractivity (Wildman–Crippen MR) is 82.5 cm³/mol. The summed E-state index contributed by atoms with van der Waals surface area (Å²) in [7, 11) is 3.17. The Balaban J connectivity index is 2.33. The van der Waals surface area contributed by atoms with Gasteiger partial charge >= 0.3 is 5.97 Å². The van der Waals surface area contributed by atoms with Crippen molar-refractivity contribution >= 4 is 17.6 Å². The third-order valence-electron chi connectivity index (χ3n) is 3.80. The summed E-state index contributed by atoms with van der Waals surface area (Å²) in [5, 5.41) is 11.0. The van der Waals surface area contributed by atoms with Gasteiger partial charge in [-0.3, -0.25) is 14.9 Å².